The lowest BCUT2D eigenvalue weighted by Gasteiger charge is -2.12. The normalized spacial score (nSPS) is 10.7. The largest absolute Gasteiger partial charge is 0.496 e. The molecule has 0 radical (unpaired) electrons. The molecule has 0 saturated heterocycles. The second-order valence-corrected chi connectivity index (χ2v) is 6.63. The highest BCUT2D eigenvalue weighted by Gasteiger charge is 2.14. The van der Waals surface area contributed by atoms with Gasteiger partial charge in [0.2, 0.25) is 0 Å². The van der Waals surface area contributed by atoms with Gasteiger partial charge in [0, 0.05) is 29.9 Å². The SMILES string of the molecule is COc1ccccc1CCNC(=O)c1cc(-c2cccnc2)nc2ccccc12. The summed E-state index contributed by atoms with van der Waals surface area (Å²) in [7, 11) is 1.65. The van der Waals surface area contributed by atoms with Crippen LogP contribution in [0.5, 0.6) is 5.75 Å². The van der Waals surface area contributed by atoms with Crippen molar-refractivity contribution in [2.24, 2.45) is 0 Å². The van der Waals surface area contributed by atoms with Crippen LogP contribution in [0.1, 0.15) is 15.9 Å². The molecular weight excluding hydrogens is 362 g/mol. The van der Waals surface area contributed by atoms with Crippen molar-refractivity contribution in [3.8, 4) is 17.0 Å². The second kappa shape index (κ2) is 8.52. The van der Waals surface area contributed by atoms with E-state index in [2.05, 4.69) is 10.3 Å². The molecule has 2 heterocycles. The van der Waals surface area contributed by atoms with Crippen molar-refractivity contribution in [1.29, 1.82) is 0 Å². The van der Waals surface area contributed by atoms with Crippen LogP contribution in [-0.4, -0.2) is 29.5 Å². The van der Waals surface area contributed by atoms with E-state index in [9.17, 15) is 4.79 Å². The first-order chi connectivity index (χ1) is 14.3. The molecule has 0 aliphatic heterocycles. The fourth-order valence-electron chi connectivity index (χ4n) is 3.34. The van der Waals surface area contributed by atoms with Gasteiger partial charge in [0.15, 0.2) is 0 Å². The highest BCUT2D eigenvalue weighted by molar-refractivity contribution is 6.07. The Morgan fingerprint density at radius 1 is 1.03 bits per heavy atom. The van der Waals surface area contributed by atoms with Crippen molar-refractivity contribution >= 4 is 16.8 Å². The summed E-state index contributed by atoms with van der Waals surface area (Å²) >= 11 is 0. The number of rotatable bonds is 6. The van der Waals surface area contributed by atoms with Gasteiger partial charge < -0.3 is 10.1 Å². The Hall–Kier alpha value is -3.73. The molecule has 29 heavy (non-hydrogen) atoms. The number of fused-ring (bicyclic) bond motifs is 1. The summed E-state index contributed by atoms with van der Waals surface area (Å²) in [5.41, 5.74) is 4.05. The van der Waals surface area contributed by atoms with Gasteiger partial charge in [-0.1, -0.05) is 36.4 Å². The minimum atomic E-state index is -0.122. The van der Waals surface area contributed by atoms with Crippen LogP contribution < -0.4 is 10.1 Å². The van der Waals surface area contributed by atoms with Gasteiger partial charge in [-0.2, -0.15) is 0 Å². The maximum Gasteiger partial charge on any atom is 0.252 e. The quantitative estimate of drug-likeness (QED) is 0.540. The molecule has 0 aliphatic carbocycles. The van der Waals surface area contributed by atoms with E-state index < -0.39 is 0 Å². The molecule has 0 bridgehead atoms. The Morgan fingerprint density at radius 3 is 2.69 bits per heavy atom. The molecule has 5 nitrogen and oxygen atoms in total. The first-order valence-corrected chi connectivity index (χ1v) is 9.46. The molecular formula is C24H21N3O2. The van der Waals surface area contributed by atoms with Crippen molar-refractivity contribution in [2.75, 3.05) is 13.7 Å². The molecule has 0 unspecified atom stereocenters. The monoisotopic (exact) mass is 383 g/mol. The van der Waals surface area contributed by atoms with Crippen LogP contribution in [0.4, 0.5) is 0 Å². The summed E-state index contributed by atoms with van der Waals surface area (Å²) in [4.78, 5) is 21.9. The summed E-state index contributed by atoms with van der Waals surface area (Å²) in [6.45, 7) is 0.512. The molecule has 4 aromatic rings. The van der Waals surface area contributed by atoms with Gasteiger partial charge in [0.1, 0.15) is 5.75 Å². The summed E-state index contributed by atoms with van der Waals surface area (Å²) in [5.74, 6) is 0.707. The lowest BCUT2D eigenvalue weighted by atomic mass is 10.0. The molecule has 0 saturated carbocycles. The average Bonchev–Trinajstić information content (AvgIpc) is 2.79. The minimum absolute atomic E-state index is 0.122. The van der Waals surface area contributed by atoms with Gasteiger partial charge in [0.05, 0.1) is 23.9 Å². The third-order valence-electron chi connectivity index (χ3n) is 4.79. The number of ether oxygens (including phenoxy) is 1. The second-order valence-electron chi connectivity index (χ2n) is 6.63. The minimum Gasteiger partial charge on any atom is -0.496 e. The zero-order chi connectivity index (χ0) is 20.1. The van der Waals surface area contributed by atoms with Gasteiger partial charge in [0.25, 0.3) is 5.91 Å². The van der Waals surface area contributed by atoms with Crippen molar-refractivity contribution in [1.82, 2.24) is 15.3 Å². The van der Waals surface area contributed by atoms with Crippen LogP contribution in [0.3, 0.4) is 0 Å². The number of hydrogen-bond donors (Lipinski definition) is 1. The Kier molecular flexibility index (Phi) is 5.47. The van der Waals surface area contributed by atoms with Crippen molar-refractivity contribution < 1.29 is 9.53 Å². The van der Waals surface area contributed by atoms with E-state index in [0.717, 1.165) is 33.5 Å². The van der Waals surface area contributed by atoms with Gasteiger partial charge >= 0.3 is 0 Å². The third-order valence-corrected chi connectivity index (χ3v) is 4.79. The summed E-state index contributed by atoms with van der Waals surface area (Å²) < 4.78 is 5.38. The highest BCUT2D eigenvalue weighted by atomic mass is 16.5. The first-order valence-electron chi connectivity index (χ1n) is 9.46. The molecule has 5 heteroatoms. The summed E-state index contributed by atoms with van der Waals surface area (Å²) in [6.07, 6.45) is 4.16. The molecule has 144 valence electrons. The predicted octanol–water partition coefficient (Wildman–Crippen LogP) is 4.28. The number of carbonyl (C=O) groups excluding carboxylic acids is 1. The van der Waals surface area contributed by atoms with Crippen molar-refractivity contribution in [3.05, 3.63) is 90.3 Å². The summed E-state index contributed by atoms with van der Waals surface area (Å²) in [6, 6.07) is 21.1. The van der Waals surface area contributed by atoms with E-state index >= 15 is 0 Å². The standard InChI is InChI=1S/C24H21N3O2/c1-29-23-11-5-2-7-17(23)12-14-26-24(28)20-15-22(18-8-6-13-25-16-18)27-21-10-4-3-9-19(20)21/h2-11,13,15-16H,12,14H2,1H3,(H,26,28). The molecule has 0 aliphatic rings. The number of hydrogen-bond acceptors (Lipinski definition) is 4. The Morgan fingerprint density at radius 2 is 1.86 bits per heavy atom. The van der Waals surface area contributed by atoms with Gasteiger partial charge in [-0.15, -0.1) is 0 Å². The number of aromatic nitrogens is 2. The van der Waals surface area contributed by atoms with Crippen LogP contribution in [-0.2, 0) is 6.42 Å². The van der Waals surface area contributed by atoms with Crippen molar-refractivity contribution in [3.63, 3.8) is 0 Å². The fourth-order valence-corrected chi connectivity index (χ4v) is 3.34. The van der Waals surface area contributed by atoms with E-state index in [1.54, 1.807) is 19.5 Å². The molecule has 4 rings (SSSR count). The number of methoxy groups -OCH3 is 1. The van der Waals surface area contributed by atoms with E-state index in [-0.39, 0.29) is 5.91 Å². The molecule has 2 aromatic carbocycles. The molecule has 0 atom stereocenters. The number of carbonyl (C=O) groups is 1. The zero-order valence-corrected chi connectivity index (χ0v) is 16.1. The van der Waals surface area contributed by atoms with Crippen LogP contribution >= 0.6 is 0 Å². The zero-order valence-electron chi connectivity index (χ0n) is 16.1. The number of amides is 1. The average molecular weight is 383 g/mol. The van der Waals surface area contributed by atoms with Crippen LogP contribution in [0.15, 0.2) is 79.1 Å². The van der Waals surface area contributed by atoms with E-state index in [1.165, 1.54) is 0 Å². The lowest BCUT2D eigenvalue weighted by molar-refractivity contribution is 0.0955. The highest BCUT2D eigenvalue weighted by Crippen LogP contribution is 2.24. The predicted molar refractivity (Wildman–Crippen MR) is 114 cm³/mol. The van der Waals surface area contributed by atoms with Gasteiger partial charge in [-0.3, -0.25) is 9.78 Å². The number of benzene rings is 2. The van der Waals surface area contributed by atoms with E-state index in [0.29, 0.717) is 18.5 Å². The Balaban J connectivity index is 1.60. The van der Waals surface area contributed by atoms with E-state index in [1.807, 2.05) is 66.7 Å². The fraction of sp³-hybridized carbons (Fsp3) is 0.125. The van der Waals surface area contributed by atoms with E-state index in [4.69, 9.17) is 9.72 Å². The molecule has 0 fully saturated rings. The van der Waals surface area contributed by atoms with Crippen LogP contribution in [0.2, 0.25) is 0 Å². The van der Waals surface area contributed by atoms with Crippen LogP contribution in [0.25, 0.3) is 22.2 Å². The topological polar surface area (TPSA) is 64.1 Å². The smallest absolute Gasteiger partial charge is 0.252 e. The molecule has 2 aromatic heterocycles. The first kappa shape index (κ1) is 18.6. The van der Waals surface area contributed by atoms with Gasteiger partial charge in [-0.25, -0.2) is 4.98 Å². The molecule has 0 spiro atoms. The maximum atomic E-state index is 13.0. The molecule has 1 N–H and O–H groups in total. The number of para-hydroxylation sites is 2. The van der Waals surface area contributed by atoms with Crippen LogP contribution in [0, 0.1) is 0 Å². The maximum absolute atomic E-state index is 13.0. The van der Waals surface area contributed by atoms with Gasteiger partial charge in [-0.05, 0) is 42.3 Å². The van der Waals surface area contributed by atoms with Crippen molar-refractivity contribution in [2.45, 2.75) is 6.42 Å². The number of nitrogens with zero attached hydrogens (tertiary/aromatic N) is 2. The third kappa shape index (κ3) is 4.09. The number of pyridine rings is 2. The Labute approximate surface area is 169 Å². The molecule has 1 amide bonds. The lowest BCUT2D eigenvalue weighted by Crippen LogP contribution is -2.26. The number of nitrogens with one attached hydrogen (secondary N) is 1. The summed E-state index contributed by atoms with van der Waals surface area (Å²) in [5, 5.41) is 3.86. The Bertz CT molecular complexity index is 1140.